The maximum absolute atomic E-state index is 11.6. The summed E-state index contributed by atoms with van der Waals surface area (Å²) in [5.41, 5.74) is 1.30. The second-order valence-electron chi connectivity index (χ2n) is 5.52. The summed E-state index contributed by atoms with van der Waals surface area (Å²) >= 11 is 0. The maximum Gasteiger partial charge on any atom is 0.310 e. The summed E-state index contributed by atoms with van der Waals surface area (Å²) in [5, 5.41) is 0. The lowest BCUT2D eigenvalue weighted by atomic mass is 10.1. The van der Waals surface area contributed by atoms with Crippen LogP contribution in [0.25, 0.3) is 0 Å². The molecule has 3 rings (SSSR count). The molecule has 110 valence electrons. The van der Waals surface area contributed by atoms with Crippen molar-refractivity contribution in [2.75, 3.05) is 19.7 Å². The van der Waals surface area contributed by atoms with Gasteiger partial charge in [-0.2, -0.15) is 0 Å². The van der Waals surface area contributed by atoms with Gasteiger partial charge < -0.3 is 4.74 Å². The SMILES string of the molecule is C1CC1.CCOC(=O)C1CCN(Cc2ccccc2)C1. The third kappa shape index (κ3) is 5.33. The van der Waals surface area contributed by atoms with Crippen LogP contribution in [0.2, 0.25) is 0 Å². The minimum absolute atomic E-state index is 0.0388. The Balaban J connectivity index is 0.000000432. The molecule has 1 atom stereocenters. The molecule has 3 nitrogen and oxygen atoms in total. The van der Waals surface area contributed by atoms with Gasteiger partial charge in [0.25, 0.3) is 0 Å². The van der Waals surface area contributed by atoms with Crippen molar-refractivity contribution >= 4 is 5.97 Å². The smallest absolute Gasteiger partial charge is 0.310 e. The number of hydrogen-bond donors (Lipinski definition) is 0. The number of hydrogen-bond acceptors (Lipinski definition) is 3. The number of likely N-dealkylation sites (tertiary alicyclic amines) is 1. The van der Waals surface area contributed by atoms with Gasteiger partial charge in [-0.05, 0) is 25.5 Å². The summed E-state index contributed by atoms with van der Waals surface area (Å²) in [6.07, 6.45) is 5.42. The molecule has 1 aromatic rings. The molecule has 2 aliphatic rings. The van der Waals surface area contributed by atoms with Crippen LogP contribution in [0.5, 0.6) is 0 Å². The van der Waals surface area contributed by atoms with Gasteiger partial charge in [-0.3, -0.25) is 9.69 Å². The average molecular weight is 275 g/mol. The fraction of sp³-hybridized carbons (Fsp3) is 0.588. The molecule has 2 fully saturated rings. The molecule has 20 heavy (non-hydrogen) atoms. The highest BCUT2D eigenvalue weighted by atomic mass is 16.5. The molecule has 0 N–H and O–H groups in total. The second kappa shape index (κ2) is 8.05. The van der Waals surface area contributed by atoms with Crippen molar-refractivity contribution in [2.45, 2.75) is 39.2 Å². The summed E-state index contributed by atoms with van der Waals surface area (Å²) in [4.78, 5) is 13.9. The van der Waals surface area contributed by atoms with E-state index in [-0.39, 0.29) is 11.9 Å². The van der Waals surface area contributed by atoms with Crippen LogP contribution in [-0.4, -0.2) is 30.6 Å². The summed E-state index contributed by atoms with van der Waals surface area (Å²) in [6.45, 7) is 5.07. The Morgan fingerprint density at radius 3 is 2.55 bits per heavy atom. The van der Waals surface area contributed by atoms with Gasteiger partial charge in [0.05, 0.1) is 12.5 Å². The molecule has 0 radical (unpaired) electrons. The highest BCUT2D eigenvalue weighted by Gasteiger charge is 2.28. The first-order valence-electron chi connectivity index (χ1n) is 7.72. The first kappa shape index (κ1) is 15.0. The number of esters is 1. The Morgan fingerprint density at radius 2 is 1.95 bits per heavy atom. The quantitative estimate of drug-likeness (QED) is 0.790. The minimum Gasteiger partial charge on any atom is -0.466 e. The first-order valence-corrected chi connectivity index (χ1v) is 7.72. The van der Waals surface area contributed by atoms with Crippen LogP contribution < -0.4 is 0 Å². The van der Waals surface area contributed by atoms with Crippen molar-refractivity contribution in [1.29, 1.82) is 0 Å². The molecule has 0 amide bonds. The third-order valence-corrected chi connectivity index (χ3v) is 3.49. The average Bonchev–Trinajstić information content (AvgIpc) is 3.28. The van der Waals surface area contributed by atoms with Crippen molar-refractivity contribution < 1.29 is 9.53 Å². The van der Waals surface area contributed by atoms with E-state index in [4.69, 9.17) is 4.74 Å². The molecule has 1 unspecified atom stereocenters. The number of ether oxygens (including phenoxy) is 1. The van der Waals surface area contributed by atoms with Crippen LogP contribution in [0.15, 0.2) is 30.3 Å². The van der Waals surface area contributed by atoms with E-state index in [9.17, 15) is 4.79 Å². The zero-order valence-corrected chi connectivity index (χ0v) is 12.4. The standard InChI is InChI=1S/C14H19NO2.C3H6/c1-2-17-14(16)13-8-9-15(11-13)10-12-6-4-3-5-7-12;1-2-3-1/h3-7,13H,2,8-11H2,1H3;1-3H2. The van der Waals surface area contributed by atoms with E-state index in [0.29, 0.717) is 6.61 Å². The van der Waals surface area contributed by atoms with Gasteiger partial charge in [-0.25, -0.2) is 0 Å². The van der Waals surface area contributed by atoms with Crippen LogP contribution in [0.4, 0.5) is 0 Å². The topological polar surface area (TPSA) is 29.5 Å². The Bertz CT molecular complexity index is 400. The largest absolute Gasteiger partial charge is 0.466 e. The van der Waals surface area contributed by atoms with E-state index in [0.717, 1.165) is 26.1 Å². The Hall–Kier alpha value is -1.35. The predicted molar refractivity (Wildman–Crippen MR) is 80.3 cm³/mol. The molecule has 0 spiro atoms. The first-order chi connectivity index (χ1) is 9.79. The predicted octanol–water partition coefficient (Wildman–Crippen LogP) is 3.24. The van der Waals surface area contributed by atoms with E-state index in [2.05, 4.69) is 17.0 Å². The second-order valence-corrected chi connectivity index (χ2v) is 5.52. The molecule has 1 aliphatic carbocycles. The van der Waals surface area contributed by atoms with Crippen LogP contribution in [0.3, 0.4) is 0 Å². The van der Waals surface area contributed by atoms with Crippen molar-refractivity contribution in [3.63, 3.8) is 0 Å². The summed E-state index contributed by atoms with van der Waals surface area (Å²) < 4.78 is 5.06. The van der Waals surface area contributed by atoms with Gasteiger partial charge in [0, 0.05) is 13.1 Å². The van der Waals surface area contributed by atoms with Gasteiger partial charge >= 0.3 is 5.97 Å². The number of rotatable bonds is 4. The fourth-order valence-electron chi connectivity index (χ4n) is 2.27. The molecule has 1 saturated carbocycles. The number of carbonyl (C=O) groups is 1. The molecular weight excluding hydrogens is 250 g/mol. The molecule has 0 aromatic heterocycles. The molecule has 1 saturated heterocycles. The number of carbonyl (C=O) groups excluding carboxylic acids is 1. The van der Waals surface area contributed by atoms with Gasteiger partial charge in [-0.1, -0.05) is 49.6 Å². The van der Waals surface area contributed by atoms with Gasteiger partial charge in [0.15, 0.2) is 0 Å². The summed E-state index contributed by atoms with van der Waals surface area (Å²) in [6, 6.07) is 10.4. The molecule has 1 heterocycles. The summed E-state index contributed by atoms with van der Waals surface area (Å²) in [7, 11) is 0. The van der Waals surface area contributed by atoms with Crippen LogP contribution in [0.1, 0.15) is 38.2 Å². The lowest BCUT2D eigenvalue weighted by molar-refractivity contribution is -0.147. The Morgan fingerprint density at radius 1 is 1.25 bits per heavy atom. The van der Waals surface area contributed by atoms with E-state index >= 15 is 0 Å². The van der Waals surface area contributed by atoms with Crippen molar-refractivity contribution in [3.8, 4) is 0 Å². The van der Waals surface area contributed by atoms with Crippen molar-refractivity contribution in [2.24, 2.45) is 5.92 Å². The third-order valence-electron chi connectivity index (χ3n) is 3.49. The zero-order chi connectivity index (χ0) is 14.2. The lowest BCUT2D eigenvalue weighted by Gasteiger charge is -2.15. The maximum atomic E-state index is 11.6. The van der Waals surface area contributed by atoms with Crippen molar-refractivity contribution in [3.05, 3.63) is 35.9 Å². The van der Waals surface area contributed by atoms with Crippen molar-refractivity contribution in [1.82, 2.24) is 4.90 Å². The van der Waals surface area contributed by atoms with Gasteiger partial charge in [0.1, 0.15) is 0 Å². The van der Waals surface area contributed by atoms with Gasteiger partial charge in [0.2, 0.25) is 0 Å². The van der Waals surface area contributed by atoms with E-state index in [1.807, 2.05) is 25.1 Å². The molecule has 1 aromatic carbocycles. The highest BCUT2D eigenvalue weighted by molar-refractivity contribution is 5.73. The van der Waals surface area contributed by atoms with Gasteiger partial charge in [-0.15, -0.1) is 0 Å². The normalized spacial score (nSPS) is 20.9. The van der Waals surface area contributed by atoms with Crippen LogP contribution in [-0.2, 0) is 16.1 Å². The fourth-order valence-corrected chi connectivity index (χ4v) is 2.27. The molecule has 3 heteroatoms. The van der Waals surface area contributed by atoms with E-state index in [1.54, 1.807) is 0 Å². The molecule has 1 aliphatic heterocycles. The number of nitrogens with zero attached hydrogens (tertiary/aromatic N) is 1. The molecule has 0 bridgehead atoms. The Labute approximate surface area is 121 Å². The number of benzene rings is 1. The van der Waals surface area contributed by atoms with Crippen LogP contribution in [0, 0.1) is 5.92 Å². The lowest BCUT2D eigenvalue weighted by Crippen LogP contribution is -2.24. The van der Waals surface area contributed by atoms with E-state index < -0.39 is 0 Å². The minimum atomic E-state index is -0.0388. The van der Waals surface area contributed by atoms with Crippen LogP contribution >= 0.6 is 0 Å². The monoisotopic (exact) mass is 275 g/mol. The Kier molecular flexibility index (Phi) is 6.06. The highest BCUT2D eigenvalue weighted by Crippen LogP contribution is 2.19. The zero-order valence-electron chi connectivity index (χ0n) is 12.4. The van der Waals surface area contributed by atoms with E-state index in [1.165, 1.54) is 24.8 Å². The summed E-state index contributed by atoms with van der Waals surface area (Å²) in [5.74, 6) is 0.0294. The molecular formula is C17H25NO2.